The number of carbonyl (C=O) groups excluding carboxylic acids is 2. The predicted octanol–water partition coefficient (Wildman–Crippen LogP) is 3.49. The molecule has 0 bridgehead atoms. The van der Waals surface area contributed by atoms with E-state index in [-0.39, 0.29) is 0 Å². The van der Waals surface area contributed by atoms with Gasteiger partial charge in [-0.15, -0.1) is 0 Å². The third kappa shape index (κ3) is 3.37. The Balaban J connectivity index is 2.34. The molecule has 2 aromatic carbocycles. The predicted molar refractivity (Wildman–Crippen MR) is 81.9 cm³/mol. The summed E-state index contributed by atoms with van der Waals surface area (Å²) in [5, 5.41) is 0. The Bertz CT molecular complexity index is 687. The van der Waals surface area contributed by atoms with Crippen molar-refractivity contribution in [2.75, 3.05) is 7.11 Å². The summed E-state index contributed by atoms with van der Waals surface area (Å²) in [6, 6.07) is 11.6. The number of aldehydes is 1. The summed E-state index contributed by atoms with van der Waals surface area (Å²) in [4.78, 5) is 22.7. The number of esters is 1. The van der Waals surface area contributed by atoms with Crippen LogP contribution in [0.25, 0.3) is 0 Å². The molecule has 21 heavy (non-hydrogen) atoms. The van der Waals surface area contributed by atoms with E-state index in [1.54, 1.807) is 12.1 Å². The van der Waals surface area contributed by atoms with Gasteiger partial charge >= 0.3 is 5.97 Å². The van der Waals surface area contributed by atoms with Crippen LogP contribution in [0.15, 0.2) is 36.4 Å². The van der Waals surface area contributed by atoms with Gasteiger partial charge in [0.05, 0.1) is 12.7 Å². The molecule has 0 radical (unpaired) electrons. The minimum atomic E-state index is -0.487. The number of carbonyl (C=O) groups is 2. The fraction of sp³-hybridized carbons (Fsp3) is 0.222. The molecule has 0 fully saturated rings. The molecular weight excluding hydrogens is 264 g/mol. The van der Waals surface area contributed by atoms with Gasteiger partial charge in [-0.05, 0) is 48.6 Å². The van der Waals surface area contributed by atoms with Crippen molar-refractivity contribution in [2.24, 2.45) is 0 Å². The van der Waals surface area contributed by atoms with Crippen LogP contribution in [0.5, 0.6) is 0 Å². The summed E-state index contributed by atoms with van der Waals surface area (Å²) in [6.45, 7) is 4.15. The SMILES string of the molecule is COC(=O)c1cc(Cc2ccc(C)c(C)c2)ccc1C=O. The molecule has 0 aliphatic heterocycles. The van der Waals surface area contributed by atoms with Crippen LogP contribution < -0.4 is 0 Å². The van der Waals surface area contributed by atoms with Crippen LogP contribution in [-0.2, 0) is 11.2 Å². The Morgan fingerprint density at radius 2 is 1.71 bits per heavy atom. The second-order valence-corrected chi connectivity index (χ2v) is 5.13. The standard InChI is InChI=1S/C18H18O3/c1-12-4-5-14(8-13(12)2)9-15-6-7-16(11-19)17(10-15)18(20)21-3/h4-8,10-11H,9H2,1-3H3. The Kier molecular flexibility index (Phi) is 4.53. The van der Waals surface area contributed by atoms with E-state index in [0.717, 1.165) is 5.56 Å². The van der Waals surface area contributed by atoms with Gasteiger partial charge < -0.3 is 4.74 Å². The van der Waals surface area contributed by atoms with Crippen LogP contribution in [0.1, 0.15) is 43.0 Å². The van der Waals surface area contributed by atoms with Crippen molar-refractivity contribution < 1.29 is 14.3 Å². The van der Waals surface area contributed by atoms with Crippen LogP contribution in [0.3, 0.4) is 0 Å². The molecule has 2 rings (SSSR count). The molecule has 3 nitrogen and oxygen atoms in total. The van der Waals surface area contributed by atoms with E-state index < -0.39 is 5.97 Å². The maximum Gasteiger partial charge on any atom is 0.338 e. The number of ether oxygens (including phenoxy) is 1. The zero-order chi connectivity index (χ0) is 15.4. The maximum absolute atomic E-state index is 11.7. The lowest BCUT2D eigenvalue weighted by Gasteiger charge is -2.08. The lowest BCUT2D eigenvalue weighted by atomic mass is 9.97. The number of aryl methyl sites for hydroxylation is 2. The van der Waals surface area contributed by atoms with Gasteiger partial charge in [-0.3, -0.25) is 4.79 Å². The molecule has 0 saturated heterocycles. The Morgan fingerprint density at radius 3 is 2.33 bits per heavy atom. The van der Waals surface area contributed by atoms with Crippen LogP contribution in [0, 0.1) is 13.8 Å². The fourth-order valence-electron chi connectivity index (χ4n) is 2.25. The van der Waals surface area contributed by atoms with Gasteiger partial charge in [-0.25, -0.2) is 4.79 Å². The zero-order valence-electron chi connectivity index (χ0n) is 12.5. The lowest BCUT2D eigenvalue weighted by molar-refractivity contribution is 0.0598. The molecule has 0 aliphatic rings. The first kappa shape index (κ1) is 15.0. The highest BCUT2D eigenvalue weighted by molar-refractivity contribution is 5.98. The highest BCUT2D eigenvalue weighted by Gasteiger charge is 2.12. The Hall–Kier alpha value is -2.42. The average molecular weight is 282 g/mol. The summed E-state index contributed by atoms with van der Waals surface area (Å²) in [5.41, 5.74) is 5.31. The molecule has 0 heterocycles. The van der Waals surface area contributed by atoms with E-state index in [9.17, 15) is 9.59 Å². The van der Waals surface area contributed by atoms with E-state index in [0.29, 0.717) is 23.8 Å². The van der Waals surface area contributed by atoms with Crippen LogP contribution >= 0.6 is 0 Å². The lowest BCUT2D eigenvalue weighted by Crippen LogP contribution is -2.06. The van der Waals surface area contributed by atoms with Gasteiger partial charge in [0.25, 0.3) is 0 Å². The van der Waals surface area contributed by atoms with E-state index in [1.165, 1.54) is 23.8 Å². The number of rotatable bonds is 4. The molecule has 0 unspecified atom stereocenters. The molecular formula is C18H18O3. The number of hydrogen-bond donors (Lipinski definition) is 0. The summed E-state index contributed by atoms with van der Waals surface area (Å²) >= 11 is 0. The summed E-state index contributed by atoms with van der Waals surface area (Å²) < 4.78 is 4.72. The van der Waals surface area contributed by atoms with Crippen molar-refractivity contribution in [2.45, 2.75) is 20.3 Å². The average Bonchev–Trinajstić information content (AvgIpc) is 2.50. The van der Waals surface area contributed by atoms with E-state index in [1.807, 2.05) is 6.07 Å². The van der Waals surface area contributed by atoms with Crippen molar-refractivity contribution in [3.63, 3.8) is 0 Å². The van der Waals surface area contributed by atoms with Gasteiger partial charge in [0.15, 0.2) is 6.29 Å². The molecule has 108 valence electrons. The number of methoxy groups -OCH3 is 1. The van der Waals surface area contributed by atoms with Gasteiger partial charge in [-0.2, -0.15) is 0 Å². The second kappa shape index (κ2) is 6.35. The summed E-state index contributed by atoms with van der Waals surface area (Å²) in [6.07, 6.45) is 1.39. The number of benzene rings is 2. The normalized spacial score (nSPS) is 10.2. The molecule has 2 aromatic rings. The first-order valence-corrected chi connectivity index (χ1v) is 6.77. The molecule has 0 aliphatic carbocycles. The minimum Gasteiger partial charge on any atom is -0.465 e. The minimum absolute atomic E-state index is 0.314. The molecule has 0 saturated carbocycles. The monoisotopic (exact) mass is 282 g/mol. The van der Waals surface area contributed by atoms with E-state index in [4.69, 9.17) is 4.74 Å². The largest absolute Gasteiger partial charge is 0.465 e. The van der Waals surface area contributed by atoms with Crippen molar-refractivity contribution in [1.29, 1.82) is 0 Å². The van der Waals surface area contributed by atoms with Crippen LogP contribution in [0.4, 0.5) is 0 Å². The molecule has 0 aromatic heterocycles. The third-order valence-corrected chi connectivity index (χ3v) is 3.63. The van der Waals surface area contributed by atoms with Crippen molar-refractivity contribution in [3.05, 3.63) is 69.8 Å². The van der Waals surface area contributed by atoms with E-state index >= 15 is 0 Å². The van der Waals surface area contributed by atoms with Crippen LogP contribution in [0.2, 0.25) is 0 Å². The van der Waals surface area contributed by atoms with Crippen LogP contribution in [-0.4, -0.2) is 19.4 Å². The highest BCUT2D eigenvalue weighted by atomic mass is 16.5. The topological polar surface area (TPSA) is 43.4 Å². The smallest absolute Gasteiger partial charge is 0.338 e. The van der Waals surface area contributed by atoms with Crippen molar-refractivity contribution in [3.8, 4) is 0 Å². The number of hydrogen-bond acceptors (Lipinski definition) is 3. The fourth-order valence-corrected chi connectivity index (χ4v) is 2.25. The zero-order valence-corrected chi connectivity index (χ0v) is 12.5. The van der Waals surface area contributed by atoms with Gasteiger partial charge in [0.2, 0.25) is 0 Å². The van der Waals surface area contributed by atoms with Gasteiger partial charge in [-0.1, -0.05) is 30.3 Å². The third-order valence-electron chi connectivity index (χ3n) is 3.63. The molecule has 0 atom stereocenters. The Morgan fingerprint density at radius 1 is 1.05 bits per heavy atom. The molecule has 0 spiro atoms. The van der Waals surface area contributed by atoms with Crippen molar-refractivity contribution in [1.82, 2.24) is 0 Å². The van der Waals surface area contributed by atoms with Crippen molar-refractivity contribution >= 4 is 12.3 Å². The van der Waals surface area contributed by atoms with E-state index in [2.05, 4.69) is 32.0 Å². The first-order valence-electron chi connectivity index (χ1n) is 6.77. The summed E-state index contributed by atoms with van der Waals surface area (Å²) in [7, 11) is 1.31. The Labute approximate surface area is 124 Å². The summed E-state index contributed by atoms with van der Waals surface area (Å²) in [5.74, 6) is -0.487. The second-order valence-electron chi connectivity index (χ2n) is 5.13. The molecule has 3 heteroatoms. The maximum atomic E-state index is 11.7. The molecule has 0 N–H and O–H groups in total. The highest BCUT2D eigenvalue weighted by Crippen LogP contribution is 2.17. The van der Waals surface area contributed by atoms with Gasteiger partial charge in [0, 0.05) is 5.56 Å². The molecule has 0 amide bonds. The van der Waals surface area contributed by atoms with Gasteiger partial charge in [0.1, 0.15) is 0 Å². The quantitative estimate of drug-likeness (QED) is 0.637. The first-order chi connectivity index (χ1) is 10.0.